The lowest BCUT2D eigenvalue weighted by Crippen LogP contribution is -2.46. The van der Waals surface area contributed by atoms with Crippen LogP contribution in [0.15, 0.2) is 12.7 Å². The van der Waals surface area contributed by atoms with Crippen LogP contribution in [-0.4, -0.2) is 123 Å². The van der Waals surface area contributed by atoms with E-state index in [1.165, 1.54) is 65.2 Å². The van der Waals surface area contributed by atoms with E-state index in [0.717, 1.165) is 48.2 Å². The van der Waals surface area contributed by atoms with Gasteiger partial charge >= 0.3 is 23.5 Å². The Labute approximate surface area is 369 Å². The first-order valence-corrected chi connectivity index (χ1v) is 26.1. The number of ether oxygens (including phenoxy) is 1. The number of aliphatic hydroxyl groups is 2. The first-order valence-electron chi connectivity index (χ1n) is 20.6. The Kier molecular flexibility index (Phi) is 22.7. The van der Waals surface area contributed by atoms with Crippen molar-refractivity contribution in [3.05, 3.63) is 12.7 Å². The number of thioether (sulfide) groups is 1. The van der Waals surface area contributed by atoms with Gasteiger partial charge in [-0.3, -0.25) is 32.5 Å². The maximum absolute atomic E-state index is 12.7. The van der Waals surface area contributed by atoms with E-state index in [1.807, 2.05) is 0 Å². The van der Waals surface area contributed by atoms with Crippen LogP contribution in [0.1, 0.15) is 110 Å². The number of nitrogen functional groups attached to an aromatic ring is 1. The van der Waals surface area contributed by atoms with Gasteiger partial charge in [0.05, 0.1) is 19.5 Å². The van der Waals surface area contributed by atoms with Crippen LogP contribution in [-0.2, 0) is 50.7 Å². The normalized spacial score (nSPS) is 20.6. The van der Waals surface area contributed by atoms with Gasteiger partial charge < -0.3 is 50.9 Å². The third-order valence-electron chi connectivity index (χ3n) is 9.75. The first kappa shape index (κ1) is 54.9. The van der Waals surface area contributed by atoms with E-state index in [2.05, 4.69) is 41.3 Å². The maximum atomic E-state index is 12.7. The molecule has 0 aliphatic carbocycles. The van der Waals surface area contributed by atoms with Crippen molar-refractivity contribution in [2.24, 2.45) is 5.41 Å². The molecule has 0 spiro atoms. The fraction of sp³-hybridized carbons (Fsp3) is 0.771. The van der Waals surface area contributed by atoms with Crippen molar-refractivity contribution in [1.29, 1.82) is 0 Å². The van der Waals surface area contributed by atoms with Crippen LogP contribution in [0.25, 0.3) is 11.2 Å². The van der Waals surface area contributed by atoms with E-state index in [1.54, 1.807) is 0 Å². The second kappa shape index (κ2) is 26.0. The van der Waals surface area contributed by atoms with Crippen LogP contribution in [0.2, 0.25) is 0 Å². The number of nitrogens with zero attached hydrogens (tertiary/aromatic N) is 4. The van der Waals surface area contributed by atoms with Gasteiger partial charge in [-0.2, -0.15) is 4.31 Å². The molecule has 0 aromatic carbocycles. The van der Waals surface area contributed by atoms with E-state index >= 15 is 0 Å². The molecule has 10 N–H and O–H groups in total. The lowest BCUT2D eigenvalue weighted by Gasteiger charge is -2.30. The molecular formula is C35H62N7O17P3S. The van der Waals surface area contributed by atoms with Crippen LogP contribution in [0, 0.1) is 5.41 Å². The molecule has 28 heteroatoms. The van der Waals surface area contributed by atoms with Gasteiger partial charge in [-0.1, -0.05) is 96.7 Å². The summed E-state index contributed by atoms with van der Waals surface area (Å²) in [6.45, 7) is 2.79. The molecule has 3 heterocycles. The summed E-state index contributed by atoms with van der Waals surface area (Å²) in [6.07, 6.45) is 6.75. The molecule has 1 aliphatic rings. The van der Waals surface area contributed by atoms with Crippen LogP contribution in [0.4, 0.5) is 5.82 Å². The number of rotatable bonds is 31. The molecular weight excluding hydrogens is 915 g/mol. The molecule has 24 nitrogen and oxygen atoms in total. The summed E-state index contributed by atoms with van der Waals surface area (Å²) in [5, 5.41) is 26.6. The smallest absolute Gasteiger partial charge is 0.386 e. The van der Waals surface area contributed by atoms with Crippen molar-refractivity contribution >= 4 is 69.1 Å². The lowest BCUT2D eigenvalue weighted by atomic mass is 9.87. The average molecular weight is 978 g/mol. The van der Waals surface area contributed by atoms with Crippen molar-refractivity contribution < 1.29 is 80.5 Å². The number of fused-ring (bicyclic) bond motifs is 1. The number of phosphoric acid groups is 3. The molecule has 0 radical (unpaired) electrons. The highest BCUT2D eigenvalue weighted by Crippen LogP contribution is 2.61. The summed E-state index contributed by atoms with van der Waals surface area (Å²) in [4.78, 5) is 88.2. The Morgan fingerprint density at radius 1 is 0.905 bits per heavy atom. The third-order valence-corrected chi connectivity index (χ3v) is 13.8. The zero-order chi connectivity index (χ0) is 46.8. The number of nitrogens with two attached hydrogens (primary N) is 1. The molecule has 0 bridgehead atoms. The molecule has 63 heavy (non-hydrogen) atoms. The number of hydrogen-bond acceptors (Lipinski definition) is 18. The highest BCUT2D eigenvalue weighted by molar-refractivity contribution is 8.13. The van der Waals surface area contributed by atoms with Crippen molar-refractivity contribution in [3.63, 3.8) is 0 Å². The summed E-state index contributed by atoms with van der Waals surface area (Å²) >= 11 is 1.15. The zero-order valence-corrected chi connectivity index (χ0v) is 39.1. The van der Waals surface area contributed by atoms with Crippen LogP contribution < -0.4 is 16.4 Å². The Balaban J connectivity index is 1.35. The van der Waals surface area contributed by atoms with E-state index < -0.39 is 84.6 Å². The second-order valence-corrected chi connectivity index (χ2v) is 21.0. The number of amides is 2. The quantitative estimate of drug-likeness (QED) is 0.0386. The molecule has 2 amide bonds. The van der Waals surface area contributed by atoms with Crippen molar-refractivity contribution in [2.75, 3.05) is 37.8 Å². The summed E-state index contributed by atoms with van der Waals surface area (Å²) in [7, 11) is -16.4. The highest BCUT2D eigenvalue weighted by atomic mass is 32.2. The van der Waals surface area contributed by atoms with Crippen molar-refractivity contribution in [2.45, 2.75) is 135 Å². The molecule has 1 saturated heterocycles. The summed E-state index contributed by atoms with van der Waals surface area (Å²) in [5.74, 6) is -1.02. The van der Waals surface area contributed by atoms with E-state index in [4.69, 9.17) is 19.5 Å². The number of aromatic nitrogens is 4. The largest absolute Gasteiger partial charge is 0.481 e. The highest BCUT2D eigenvalue weighted by Gasteiger charge is 2.50. The SMILES string of the molecule is CCCCCCCCCCCCCC(=O)SCCNC(=O)CCNC(=O)[C@@H](O)C(C)(C)CO[P@@](=O)(O)O[P@](=O)(O)OC[C@@H]1O[C@@H](n2cnc3c(N)ncnc32)[C@H](O)[C@H]1OP(=O)(O)O. The van der Waals surface area contributed by atoms with Crippen LogP contribution in [0.3, 0.4) is 0 Å². The van der Waals surface area contributed by atoms with Crippen LogP contribution in [0.5, 0.6) is 0 Å². The van der Waals surface area contributed by atoms with Gasteiger partial charge in [0, 0.05) is 37.1 Å². The molecule has 1 fully saturated rings. The lowest BCUT2D eigenvalue weighted by molar-refractivity contribution is -0.137. The predicted octanol–water partition coefficient (Wildman–Crippen LogP) is 3.37. The average Bonchev–Trinajstić information content (AvgIpc) is 3.76. The monoisotopic (exact) mass is 977 g/mol. The zero-order valence-electron chi connectivity index (χ0n) is 35.6. The van der Waals surface area contributed by atoms with Crippen molar-refractivity contribution in [1.82, 2.24) is 30.2 Å². The number of imidazole rings is 1. The maximum Gasteiger partial charge on any atom is 0.481 e. The molecule has 0 unspecified atom stereocenters. The minimum Gasteiger partial charge on any atom is -0.386 e. The fourth-order valence-corrected chi connectivity index (χ4v) is 9.85. The van der Waals surface area contributed by atoms with Gasteiger partial charge in [-0.05, 0) is 6.42 Å². The second-order valence-electron chi connectivity index (χ2n) is 15.6. The number of phosphoric ester groups is 3. The molecule has 2 aromatic rings. The Morgan fingerprint density at radius 3 is 2.16 bits per heavy atom. The van der Waals surface area contributed by atoms with Crippen LogP contribution >= 0.6 is 35.2 Å². The number of anilines is 1. The molecule has 360 valence electrons. The molecule has 1 aliphatic heterocycles. The summed E-state index contributed by atoms with van der Waals surface area (Å²) in [6, 6.07) is 0. The van der Waals surface area contributed by atoms with Gasteiger partial charge in [0.15, 0.2) is 22.8 Å². The number of aliphatic hydroxyl groups excluding tert-OH is 2. The Morgan fingerprint density at radius 2 is 1.52 bits per heavy atom. The number of hydrogen-bond donors (Lipinski definition) is 9. The minimum atomic E-state index is -5.57. The third kappa shape index (κ3) is 19.5. The van der Waals surface area contributed by atoms with E-state index in [9.17, 15) is 57.9 Å². The number of carbonyl (C=O) groups is 3. The van der Waals surface area contributed by atoms with Gasteiger partial charge in [0.1, 0.15) is 36.3 Å². The predicted molar refractivity (Wildman–Crippen MR) is 228 cm³/mol. The molecule has 7 atom stereocenters. The summed E-state index contributed by atoms with van der Waals surface area (Å²) in [5.41, 5.74) is 4.29. The Bertz CT molecular complexity index is 1920. The standard InChI is InChI=1S/C35H62N7O17P3S/c1-4-5-6-7-8-9-10-11-12-13-14-15-26(44)63-19-18-37-25(43)16-17-38-33(47)30(46)35(2,3)21-56-62(53,54)59-61(51,52)55-20-24-29(58-60(48,49)50)28(45)34(57-24)42-23-41-27-31(36)39-22-40-32(27)42/h22-24,28-30,34,45-46H,4-21H2,1-3H3,(H,37,43)(H,38,47)(H,51,52)(H,53,54)(H2,36,39,40)(H2,48,49,50)/t24-,28+,29-,30+,34+/m0/s1. The Hall–Kier alpha value is -2.44. The topological polar surface area (TPSA) is 364 Å². The van der Waals surface area contributed by atoms with Gasteiger partial charge in [-0.25, -0.2) is 28.6 Å². The van der Waals surface area contributed by atoms with E-state index in [0.29, 0.717) is 12.2 Å². The fourth-order valence-electron chi connectivity index (χ4n) is 6.30. The van der Waals surface area contributed by atoms with Gasteiger partial charge in [0.2, 0.25) is 11.8 Å². The number of carbonyl (C=O) groups excluding carboxylic acids is 3. The van der Waals surface area contributed by atoms with Gasteiger partial charge in [-0.15, -0.1) is 0 Å². The van der Waals surface area contributed by atoms with Gasteiger partial charge in [0.25, 0.3) is 0 Å². The summed E-state index contributed by atoms with van der Waals surface area (Å²) < 4.78 is 62.3. The molecule has 3 rings (SSSR count). The number of unbranched alkanes of at least 4 members (excludes halogenated alkanes) is 10. The van der Waals surface area contributed by atoms with E-state index in [-0.39, 0.29) is 41.6 Å². The van der Waals surface area contributed by atoms with Crippen molar-refractivity contribution in [3.8, 4) is 0 Å². The first-order chi connectivity index (χ1) is 29.6. The minimum absolute atomic E-state index is 0.0335. The molecule has 2 aromatic heterocycles. The number of nitrogens with one attached hydrogen (secondary N) is 2. The molecule has 0 saturated carbocycles.